The maximum Gasteiger partial charge on any atom is 0.293 e. The summed E-state index contributed by atoms with van der Waals surface area (Å²) < 4.78 is 34.3. The molecule has 0 bridgehead atoms. The van der Waals surface area contributed by atoms with Crippen molar-refractivity contribution in [2.75, 3.05) is 24.8 Å². The van der Waals surface area contributed by atoms with Crippen LogP contribution in [0.2, 0.25) is 0 Å². The van der Waals surface area contributed by atoms with Crippen LogP contribution in [-0.2, 0) is 9.84 Å². The smallest absolute Gasteiger partial charge is 0.293 e. The fourth-order valence-electron chi connectivity index (χ4n) is 2.66. The van der Waals surface area contributed by atoms with Gasteiger partial charge in [-0.05, 0) is 36.8 Å². The Bertz CT molecular complexity index is 958. The summed E-state index contributed by atoms with van der Waals surface area (Å²) in [4.78, 5) is 10.6. The molecule has 0 unspecified atom stereocenters. The highest BCUT2D eigenvalue weighted by Crippen LogP contribution is 2.35. The summed E-state index contributed by atoms with van der Waals surface area (Å²) in [6.45, 7) is 2.81. The first kappa shape index (κ1) is 18.0. The number of ether oxygens (including phenoxy) is 2. The predicted octanol–water partition coefficient (Wildman–Crippen LogP) is 2.94. The van der Waals surface area contributed by atoms with E-state index in [0.717, 1.165) is 17.9 Å². The molecular weight excluding hydrogens is 360 g/mol. The molecular formula is C17H18N2O6S. The highest BCUT2D eigenvalue weighted by molar-refractivity contribution is 7.90. The Balaban J connectivity index is 1.89. The minimum Gasteiger partial charge on any atom is -0.486 e. The summed E-state index contributed by atoms with van der Waals surface area (Å²) in [7, 11) is -3.53. The molecule has 0 radical (unpaired) electrons. The van der Waals surface area contributed by atoms with Crippen molar-refractivity contribution in [3.63, 3.8) is 0 Å². The van der Waals surface area contributed by atoms with Gasteiger partial charge in [-0.25, -0.2) is 8.42 Å². The van der Waals surface area contributed by atoms with E-state index >= 15 is 0 Å². The van der Waals surface area contributed by atoms with Gasteiger partial charge in [0.05, 0.1) is 9.82 Å². The van der Waals surface area contributed by atoms with Crippen LogP contribution in [0.25, 0.3) is 0 Å². The van der Waals surface area contributed by atoms with Gasteiger partial charge in [0.2, 0.25) is 0 Å². The Morgan fingerprint density at radius 1 is 1.12 bits per heavy atom. The van der Waals surface area contributed by atoms with Crippen molar-refractivity contribution in [1.29, 1.82) is 0 Å². The summed E-state index contributed by atoms with van der Waals surface area (Å²) in [5, 5.41) is 14.4. The third kappa shape index (κ3) is 3.72. The molecule has 8 nitrogen and oxygen atoms in total. The second-order valence-electron chi connectivity index (χ2n) is 5.98. The first-order chi connectivity index (χ1) is 12.3. The molecule has 2 aromatic rings. The van der Waals surface area contributed by atoms with Crippen LogP contribution in [0.15, 0.2) is 41.3 Å². The number of fused-ring (bicyclic) bond motifs is 1. The lowest BCUT2D eigenvalue weighted by atomic mass is 10.1. The number of hydrogen-bond acceptors (Lipinski definition) is 7. The molecule has 0 amide bonds. The summed E-state index contributed by atoms with van der Waals surface area (Å²) in [5.41, 5.74) is 0.804. The molecule has 3 rings (SSSR count). The molecule has 26 heavy (non-hydrogen) atoms. The third-order valence-electron chi connectivity index (χ3n) is 4.03. The fourth-order valence-corrected chi connectivity index (χ4v) is 3.30. The highest BCUT2D eigenvalue weighted by Gasteiger charge is 2.21. The monoisotopic (exact) mass is 378 g/mol. The lowest BCUT2D eigenvalue weighted by molar-refractivity contribution is -0.384. The van der Waals surface area contributed by atoms with Crippen LogP contribution in [0.5, 0.6) is 11.5 Å². The Hall–Kier alpha value is -2.81. The quantitative estimate of drug-likeness (QED) is 0.629. The van der Waals surface area contributed by atoms with Crippen molar-refractivity contribution < 1.29 is 22.8 Å². The molecule has 0 saturated heterocycles. The van der Waals surface area contributed by atoms with Gasteiger partial charge < -0.3 is 14.8 Å². The molecule has 0 aromatic heterocycles. The molecule has 0 aliphatic carbocycles. The van der Waals surface area contributed by atoms with Crippen molar-refractivity contribution in [2.45, 2.75) is 17.9 Å². The zero-order valence-corrected chi connectivity index (χ0v) is 15.1. The Morgan fingerprint density at radius 3 is 2.46 bits per heavy atom. The molecule has 1 N–H and O–H groups in total. The van der Waals surface area contributed by atoms with E-state index in [0.29, 0.717) is 24.7 Å². The molecule has 9 heteroatoms. The van der Waals surface area contributed by atoms with E-state index in [1.165, 1.54) is 12.1 Å². The van der Waals surface area contributed by atoms with Gasteiger partial charge >= 0.3 is 0 Å². The van der Waals surface area contributed by atoms with E-state index < -0.39 is 14.8 Å². The lowest BCUT2D eigenvalue weighted by Crippen LogP contribution is -2.16. The Kier molecular flexibility index (Phi) is 4.73. The maximum absolute atomic E-state index is 11.6. The van der Waals surface area contributed by atoms with Gasteiger partial charge in [-0.2, -0.15) is 0 Å². The number of nitrogens with one attached hydrogen (secondary N) is 1. The molecule has 2 aromatic carbocycles. The van der Waals surface area contributed by atoms with Crippen LogP contribution in [0, 0.1) is 10.1 Å². The lowest BCUT2D eigenvalue weighted by Gasteiger charge is -2.21. The number of benzene rings is 2. The van der Waals surface area contributed by atoms with Crippen molar-refractivity contribution in [2.24, 2.45) is 0 Å². The number of anilines is 1. The summed E-state index contributed by atoms with van der Waals surface area (Å²) in [5.74, 6) is 1.29. The summed E-state index contributed by atoms with van der Waals surface area (Å²) in [6.07, 6.45) is 1.01. The molecule has 1 aliphatic heterocycles. The van der Waals surface area contributed by atoms with Gasteiger partial charge in [-0.15, -0.1) is 0 Å². The van der Waals surface area contributed by atoms with E-state index in [1.807, 2.05) is 19.1 Å². The number of nitrogens with zero attached hydrogens (tertiary/aromatic N) is 1. The van der Waals surface area contributed by atoms with Crippen LogP contribution in [0.3, 0.4) is 0 Å². The van der Waals surface area contributed by atoms with Gasteiger partial charge in [0.1, 0.15) is 18.9 Å². The molecule has 1 atom stereocenters. The molecule has 0 saturated carbocycles. The van der Waals surface area contributed by atoms with E-state index in [1.54, 1.807) is 6.07 Å². The van der Waals surface area contributed by atoms with E-state index in [9.17, 15) is 18.5 Å². The largest absolute Gasteiger partial charge is 0.486 e. The average molecular weight is 378 g/mol. The molecule has 1 aliphatic rings. The molecule has 138 valence electrons. The van der Waals surface area contributed by atoms with Crippen molar-refractivity contribution in [3.05, 3.63) is 52.1 Å². The van der Waals surface area contributed by atoms with Crippen LogP contribution in [0.1, 0.15) is 18.5 Å². The fraction of sp³-hybridized carbons (Fsp3) is 0.294. The zero-order valence-electron chi connectivity index (χ0n) is 14.3. The maximum atomic E-state index is 11.6. The molecule has 1 heterocycles. The van der Waals surface area contributed by atoms with E-state index in [-0.39, 0.29) is 22.3 Å². The van der Waals surface area contributed by atoms with Crippen molar-refractivity contribution in [3.8, 4) is 11.5 Å². The number of nitro groups is 1. The van der Waals surface area contributed by atoms with Gasteiger partial charge in [-0.1, -0.05) is 6.07 Å². The van der Waals surface area contributed by atoms with Crippen LogP contribution >= 0.6 is 0 Å². The number of rotatable bonds is 5. The number of hydrogen-bond donors (Lipinski definition) is 1. The second-order valence-corrected chi connectivity index (χ2v) is 7.99. The minimum absolute atomic E-state index is 0.0956. The SMILES string of the molecule is C[C@@H](Nc1ccc(S(C)(=O)=O)cc1[N+](=O)[O-])c1ccc2c(c1)OCCO2. The summed E-state index contributed by atoms with van der Waals surface area (Å²) in [6, 6.07) is 9.01. The third-order valence-corrected chi connectivity index (χ3v) is 5.14. The first-order valence-corrected chi connectivity index (χ1v) is 9.79. The van der Waals surface area contributed by atoms with E-state index in [2.05, 4.69) is 5.32 Å². The van der Waals surface area contributed by atoms with Gasteiger partial charge in [0.15, 0.2) is 21.3 Å². The van der Waals surface area contributed by atoms with Crippen molar-refractivity contribution in [1.82, 2.24) is 0 Å². The average Bonchev–Trinajstić information content (AvgIpc) is 2.60. The minimum atomic E-state index is -3.53. The van der Waals surface area contributed by atoms with Crippen LogP contribution in [0.4, 0.5) is 11.4 Å². The summed E-state index contributed by atoms with van der Waals surface area (Å²) >= 11 is 0. The van der Waals surface area contributed by atoms with Gasteiger partial charge in [0.25, 0.3) is 5.69 Å². The highest BCUT2D eigenvalue weighted by atomic mass is 32.2. The molecule has 0 fully saturated rings. The van der Waals surface area contributed by atoms with Crippen LogP contribution in [-0.4, -0.2) is 32.8 Å². The standard InChI is InChI=1S/C17H18N2O6S/c1-11(12-3-6-16-17(9-12)25-8-7-24-16)18-14-5-4-13(26(2,22)23)10-15(14)19(20)21/h3-6,9-11,18H,7-8H2,1-2H3/t11-/m1/s1. The Labute approximate surface area is 150 Å². The Morgan fingerprint density at radius 2 is 1.81 bits per heavy atom. The van der Waals surface area contributed by atoms with Gasteiger partial charge in [-0.3, -0.25) is 10.1 Å². The number of sulfone groups is 1. The van der Waals surface area contributed by atoms with Crippen LogP contribution < -0.4 is 14.8 Å². The topological polar surface area (TPSA) is 108 Å². The second kappa shape index (κ2) is 6.83. The molecule has 0 spiro atoms. The first-order valence-electron chi connectivity index (χ1n) is 7.90. The zero-order chi connectivity index (χ0) is 18.9. The predicted molar refractivity (Wildman–Crippen MR) is 95.7 cm³/mol. The normalized spacial score (nSPS) is 14.5. The number of nitro benzene ring substituents is 1. The van der Waals surface area contributed by atoms with E-state index in [4.69, 9.17) is 9.47 Å². The van der Waals surface area contributed by atoms with Crippen molar-refractivity contribution >= 4 is 21.2 Å². The van der Waals surface area contributed by atoms with Gasteiger partial charge in [0, 0.05) is 18.4 Å².